The number of anilines is 1. The average Bonchev–Trinajstić information content (AvgIpc) is 2.77. The van der Waals surface area contributed by atoms with Crippen molar-refractivity contribution in [1.29, 1.82) is 0 Å². The van der Waals surface area contributed by atoms with Gasteiger partial charge in [-0.1, -0.05) is 27.2 Å². The molecular formula is C11H9BrN2O2. The molecule has 1 aromatic carbocycles. The van der Waals surface area contributed by atoms with Gasteiger partial charge in [0.1, 0.15) is 0 Å². The number of benzene rings is 1. The number of aryl methyl sites for hydroxylation is 1. The Hall–Kier alpha value is -1.62. The molecule has 0 atom stereocenters. The van der Waals surface area contributed by atoms with E-state index in [4.69, 9.17) is 4.52 Å². The second-order valence-corrected chi connectivity index (χ2v) is 4.15. The third-order valence-corrected chi connectivity index (χ3v) is 2.95. The van der Waals surface area contributed by atoms with E-state index in [0.29, 0.717) is 5.69 Å². The quantitative estimate of drug-likeness (QED) is 0.920. The first-order valence-electron chi connectivity index (χ1n) is 4.65. The van der Waals surface area contributed by atoms with E-state index < -0.39 is 0 Å². The van der Waals surface area contributed by atoms with Crippen molar-refractivity contribution in [3.63, 3.8) is 0 Å². The maximum atomic E-state index is 11.6. The highest BCUT2D eigenvalue weighted by Crippen LogP contribution is 2.20. The molecule has 0 aliphatic carbocycles. The minimum absolute atomic E-state index is 0.191. The van der Waals surface area contributed by atoms with Crippen LogP contribution in [0.15, 0.2) is 39.5 Å². The smallest absolute Gasteiger partial charge is 0.294 e. The van der Waals surface area contributed by atoms with Gasteiger partial charge in [-0.3, -0.25) is 4.79 Å². The second-order valence-electron chi connectivity index (χ2n) is 3.29. The van der Waals surface area contributed by atoms with Gasteiger partial charge in [0.15, 0.2) is 0 Å². The molecule has 0 bridgehead atoms. The number of carbonyl (C=O) groups is 1. The number of carbonyl (C=O) groups excluding carboxylic acids is 1. The van der Waals surface area contributed by atoms with E-state index in [0.717, 1.165) is 10.0 Å². The van der Waals surface area contributed by atoms with E-state index in [2.05, 4.69) is 26.4 Å². The Morgan fingerprint density at radius 1 is 1.44 bits per heavy atom. The number of hydrogen-bond acceptors (Lipinski definition) is 3. The molecule has 2 aromatic rings. The second kappa shape index (κ2) is 4.49. The fourth-order valence-electron chi connectivity index (χ4n) is 1.20. The molecule has 0 radical (unpaired) electrons. The zero-order valence-electron chi connectivity index (χ0n) is 8.53. The first-order chi connectivity index (χ1) is 7.66. The van der Waals surface area contributed by atoms with Crippen LogP contribution in [0.25, 0.3) is 0 Å². The van der Waals surface area contributed by atoms with Gasteiger partial charge in [0.2, 0.25) is 5.76 Å². The molecule has 0 aliphatic rings. The maximum absolute atomic E-state index is 11.6. The minimum Gasteiger partial charge on any atom is -0.351 e. The highest BCUT2D eigenvalue weighted by molar-refractivity contribution is 9.10. The fraction of sp³-hybridized carbons (Fsp3) is 0.0909. The molecule has 1 N–H and O–H groups in total. The van der Waals surface area contributed by atoms with Gasteiger partial charge in [-0.2, -0.15) is 0 Å². The van der Waals surface area contributed by atoms with Gasteiger partial charge in [-0.25, -0.2) is 0 Å². The predicted molar refractivity (Wildman–Crippen MR) is 63.3 cm³/mol. The lowest BCUT2D eigenvalue weighted by atomic mass is 10.2. The summed E-state index contributed by atoms with van der Waals surface area (Å²) in [7, 11) is 0. The van der Waals surface area contributed by atoms with Gasteiger partial charge in [-0.05, 0) is 24.6 Å². The number of amides is 1. The number of nitrogens with one attached hydrogen (secondary N) is 1. The van der Waals surface area contributed by atoms with E-state index in [1.807, 2.05) is 25.1 Å². The Kier molecular flexibility index (Phi) is 3.05. The Balaban J connectivity index is 2.15. The first-order valence-corrected chi connectivity index (χ1v) is 5.44. The van der Waals surface area contributed by atoms with E-state index in [-0.39, 0.29) is 11.7 Å². The van der Waals surface area contributed by atoms with Gasteiger partial charge >= 0.3 is 0 Å². The Labute approximate surface area is 101 Å². The molecule has 4 nitrogen and oxygen atoms in total. The molecule has 5 heteroatoms. The zero-order chi connectivity index (χ0) is 11.5. The van der Waals surface area contributed by atoms with E-state index >= 15 is 0 Å². The van der Waals surface area contributed by atoms with Crippen LogP contribution in [0.4, 0.5) is 5.69 Å². The monoisotopic (exact) mass is 280 g/mol. The SMILES string of the molecule is Cc1ccc(NC(=O)c2ccno2)cc1Br. The molecule has 0 spiro atoms. The van der Waals surface area contributed by atoms with Crippen molar-refractivity contribution in [2.75, 3.05) is 5.32 Å². The van der Waals surface area contributed by atoms with Crippen LogP contribution in [0.3, 0.4) is 0 Å². The van der Waals surface area contributed by atoms with Crippen LogP contribution in [0.1, 0.15) is 16.1 Å². The van der Waals surface area contributed by atoms with E-state index in [1.54, 1.807) is 0 Å². The van der Waals surface area contributed by atoms with Crippen LogP contribution in [0.2, 0.25) is 0 Å². The molecule has 16 heavy (non-hydrogen) atoms. The topological polar surface area (TPSA) is 55.1 Å². The number of nitrogens with zero attached hydrogens (tertiary/aromatic N) is 1. The fourth-order valence-corrected chi connectivity index (χ4v) is 1.58. The summed E-state index contributed by atoms with van der Waals surface area (Å²) < 4.78 is 5.69. The summed E-state index contributed by atoms with van der Waals surface area (Å²) >= 11 is 3.40. The third kappa shape index (κ3) is 2.30. The van der Waals surface area contributed by atoms with Crippen molar-refractivity contribution in [2.45, 2.75) is 6.92 Å². The molecule has 0 saturated carbocycles. The van der Waals surface area contributed by atoms with E-state index in [9.17, 15) is 4.79 Å². The number of rotatable bonds is 2. The summed E-state index contributed by atoms with van der Waals surface area (Å²) in [5, 5.41) is 6.18. The maximum Gasteiger partial charge on any atom is 0.294 e. The van der Waals surface area contributed by atoms with Crippen molar-refractivity contribution in [2.24, 2.45) is 0 Å². The standard InChI is InChI=1S/C11H9BrN2O2/c1-7-2-3-8(6-9(7)12)14-11(15)10-4-5-13-16-10/h2-6H,1H3,(H,14,15). The summed E-state index contributed by atoms with van der Waals surface area (Å²) in [6, 6.07) is 7.09. The van der Waals surface area contributed by atoms with Crippen LogP contribution < -0.4 is 5.32 Å². The average molecular weight is 281 g/mol. The summed E-state index contributed by atoms with van der Waals surface area (Å²) in [6.07, 6.45) is 1.43. The van der Waals surface area contributed by atoms with Crippen molar-refractivity contribution in [1.82, 2.24) is 5.16 Å². The van der Waals surface area contributed by atoms with Gasteiger partial charge in [0.25, 0.3) is 5.91 Å². The van der Waals surface area contributed by atoms with Crippen LogP contribution in [-0.2, 0) is 0 Å². The normalized spacial score (nSPS) is 10.1. The summed E-state index contributed by atoms with van der Waals surface area (Å²) in [5.41, 5.74) is 1.82. The van der Waals surface area contributed by atoms with Gasteiger partial charge in [-0.15, -0.1) is 0 Å². The summed E-state index contributed by atoms with van der Waals surface area (Å²) in [5.74, 6) is -0.120. The lowest BCUT2D eigenvalue weighted by Gasteiger charge is -2.04. The molecule has 0 saturated heterocycles. The molecule has 0 aliphatic heterocycles. The van der Waals surface area contributed by atoms with Crippen LogP contribution in [0, 0.1) is 6.92 Å². The highest BCUT2D eigenvalue weighted by atomic mass is 79.9. The molecule has 0 fully saturated rings. The Morgan fingerprint density at radius 3 is 2.88 bits per heavy atom. The summed E-state index contributed by atoms with van der Waals surface area (Å²) in [6.45, 7) is 1.98. The zero-order valence-corrected chi connectivity index (χ0v) is 10.1. The van der Waals surface area contributed by atoms with Gasteiger partial charge in [0.05, 0.1) is 6.20 Å². The largest absolute Gasteiger partial charge is 0.351 e. The van der Waals surface area contributed by atoms with Crippen LogP contribution >= 0.6 is 15.9 Å². The highest BCUT2D eigenvalue weighted by Gasteiger charge is 2.09. The first kappa shape index (κ1) is 10.9. The number of halogens is 1. The minimum atomic E-state index is -0.312. The van der Waals surface area contributed by atoms with Crippen molar-refractivity contribution < 1.29 is 9.32 Å². The van der Waals surface area contributed by atoms with Crippen LogP contribution in [-0.4, -0.2) is 11.1 Å². The summed E-state index contributed by atoms with van der Waals surface area (Å²) in [4.78, 5) is 11.6. The van der Waals surface area contributed by atoms with Crippen molar-refractivity contribution in [3.8, 4) is 0 Å². The van der Waals surface area contributed by atoms with Gasteiger partial charge < -0.3 is 9.84 Å². The molecule has 1 heterocycles. The van der Waals surface area contributed by atoms with E-state index in [1.165, 1.54) is 12.3 Å². The predicted octanol–water partition coefficient (Wildman–Crippen LogP) is 3.00. The molecular weight excluding hydrogens is 272 g/mol. The number of hydrogen-bond donors (Lipinski definition) is 1. The van der Waals surface area contributed by atoms with Crippen molar-refractivity contribution >= 4 is 27.5 Å². The molecule has 1 amide bonds. The molecule has 82 valence electrons. The van der Waals surface area contributed by atoms with Gasteiger partial charge in [0, 0.05) is 16.2 Å². The Morgan fingerprint density at radius 2 is 2.25 bits per heavy atom. The Bertz CT molecular complexity index is 509. The van der Waals surface area contributed by atoms with Crippen LogP contribution in [0.5, 0.6) is 0 Å². The molecule has 1 aromatic heterocycles. The third-order valence-electron chi connectivity index (χ3n) is 2.09. The van der Waals surface area contributed by atoms with Crippen molar-refractivity contribution in [3.05, 3.63) is 46.3 Å². The molecule has 2 rings (SSSR count). The number of aromatic nitrogens is 1. The lowest BCUT2D eigenvalue weighted by Crippen LogP contribution is -2.10. The molecule has 0 unspecified atom stereocenters. The lowest BCUT2D eigenvalue weighted by molar-refractivity contribution is 0.0988.